The highest BCUT2D eigenvalue weighted by atomic mass is 32.2. The van der Waals surface area contributed by atoms with E-state index in [0.717, 1.165) is 22.7 Å². The molecule has 0 saturated carbocycles. The van der Waals surface area contributed by atoms with Crippen LogP contribution in [0.15, 0.2) is 66.7 Å². The van der Waals surface area contributed by atoms with Crippen LogP contribution in [0.25, 0.3) is 0 Å². The van der Waals surface area contributed by atoms with Crippen LogP contribution in [0.3, 0.4) is 0 Å². The third kappa shape index (κ3) is 6.44. The van der Waals surface area contributed by atoms with Crippen molar-refractivity contribution < 1.29 is 31.5 Å². The van der Waals surface area contributed by atoms with Gasteiger partial charge >= 0.3 is 0 Å². The summed E-state index contributed by atoms with van der Waals surface area (Å²) in [6.45, 7) is 0.386. The molecule has 0 atom stereocenters. The van der Waals surface area contributed by atoms with Gasteiger partial charge in [-0.1, -0.05) is 24.3 Å². The maximum atomic E-state index is 13.6. The molecule has 0 heterocycles. The maximum absolute atomic E-state index is 13.6. The molecule has 1 amide bonds. The highest BCUT2D eigenvalue weighted by molar-refractivity contribution is 7.92. The van der Waals surface area contributed by atoms with Crippen LogP contribution in [-0.2, 0) is 16.6 Å². The molecule has 0 saturated heterocycles. The fourth-order valence-electron chi connectivity index (χ4n) is 3.13. The molecule has 3 rings (SSSR count). The van der Waals surface area contributed by atoms with Crippen LogP contribution >= 0.6 is 0 Å². The van der Waals surface area contributed by atoms with Gasteiger partial charge in [0.1, 0.15) is 6.61 Å². The molecule has 0 aliphatic heterocycles. The largest absolute Gasteiger partial charge is 0.493 e. The van der Waals surface area contributed by atoms with E-state index in [2.05, 4.69) is 5.32 Å². The van der Waals surface area contributed by atoms with E-state index < -0.39 is 21.7 Å². The Kier molecular flexibility index (Phi) is 8.06. The lowest BCUT2D eigenvalue weighted by Gasteiger charge is -2.22. The number of benzene rings is 3. The van der Waals surface area contributed by atoms with Crippen molar-refractivity contribution >= 4 is 21.6 Å². The number of rotatable bonds is 10. The number of hydrogen-bond donors (Lipinski definition) is 1. The highest BCUT2D eigenvalue weighted by Gasteiger charge is 2.19. The summed E-state index contributed by atoms with van der Waals surface area (Å²) in [5, 5.41) is 2.74. The number of amides is 1. The van der Waals surface area contributed by atoms with Gasteiger partial charge in [-0.15, -0.1) is 0 Å². The molecule has 34 heavy (non-hydrogen) atoms. The minimum atomic E-state index is -3.77. The Hall–Kier alpha value is -3.66. The number of nitrogens with one attached hydrogen (secondary N) is 1. The Bertz CT molecular complexity index is 1250. The zero-order chi connectivity index (χ0) is 24.7. The van der Waals surface area contributed by atoms with Gasteiger partial charge in [0.25, 0.3) is 5.91 Å². The molecule has 1 N–H and O–H groups in total. The van der Waals surface area contributed by atoms with Crippen LogP contribution in [-0.4, -0.2) is 40.8 Å². The molecule has 0 aliphatic rings. The molecule has 0 aliphatic carbocycles. The van der Waals surface area contributed by atoms with Crippen molar-refractivity contribution in [1.82, 2.24) is 5.32 Å². The lowest BCUT2D eigenvalue weighted by molar-refractivity contribution is 0.0946. The fraction of sp³-hybridized carbons (Fsp3) is 0.208. The van der Waals surface area contributed by atoms with Crippen LogP contribution in [0, 0.1) is 11.6 Å². The van der Waals surface area contributed by atoms with Gasteiger partial charge in [-0.3, -0.25) is 9.10 Å². The molecule has 3 aromatic carbocycles. The summed E-state index contributed by atoms with van der Waals surface area (Å²) in [6.07, 6.45) is 0.975. The van der Waals surface area contributed by atoms with Crippen molar-refractivity contribution in [3.8, 4) is 11.5 Å². The fourth-order valence-corrected chi connectivity index (χ4v) is 4.01. The highest BCUT2D eigenvalue weighted by Crippen LogP contribution is 2.25. The first-order chi connectivity index (χ1) is 16.2. The van der Waals surface area contributed by atoms with E-state index in [4.69, 9.17) is 9.47 Å². The second-order valence-electron chi connectivity index (χ2n) is 7.32. The molecule has 0 aromatic heterocycles. The van der Waals surface area contributed by atoms with Crippen molar-refractivity contribution in [2.75, 3.05) is 30.8 Å². The first-order valence-corrected chi connectivity index (χ1v) is 12.1. The van der Waals surface area contributed by atoms with Gasteiger partial charge in [0, 0.05) is 11.6 Å². The number of methoxy groups -OCH3 is 1. The molecular weight excluding hydrogens is 466 g/mol. The standard InChI is InChI=1S/C24H24F2N2O5S/c1-32-22-5-3-4-6-23(22)33-14-13-27-24(29)18-9-7-17(8-10-18)16-28(34(2,30)31)19-11-12-20(25)21(26)15-19/h3-12,15H,13-14,16H2,1-2H3,(H,27,29). The number of hydrogen-bond acceptors (Lipinski definition) is 5. The smallest absolute Gasteiger partial charge is 0.251 e. The summed E-state index contributed by atoms with van der Waals surface area (Å²) in [7, 11) is -2.23. The predicted molar refractivity (Wildman–Crippen MR) is 125 cm³/mol. The molecule has 180 valence electrons. The summed E-state index contributed by atoms with van der Waals surface area (Å²) >= 11 is 0. The molecule has 0 bridgehead atoms. The van der Waals surface area contributed by atoms with Crippen LogP contribution in [0.4, 0.5) is 14.5 Å². The van der Waals surface area contributed by atoms with E-state index >= 15 is 0 Å². The van der Waals surface area contributed by atoms with E-state index in [1.807, 2.05) is 12.1 Å². The predicted octanol–water partition coefficient (Wildman–Crippen LogP) is 3.75. The van der Waals surface area contributed by atoms with E-state index in [9.17, 15) is 22.0 Å². The van der Waals surface area contributed by atoms with Crippen LogP contribution < -0.4 is 19.1 Å². The minimum absolute atomic E-state index is 0.00161. The first kappa shape index (κ1) is 25.0. The van der Waals surface area contributed by atoms with Gasteiger partial charge in [0.2, 0.25) is 10.0 Å². The van der Waals surface area contributed by atoms with Gasteiger partial charge in [0.15, 0.2) is 23.1 Å². The van der Waals surface area contributed by atoms with Crippen molar-refractivity contribution in [3.05, 3.63) is 89.5 Å². The van der Waals surface area contributed by atoms with E-state index in [1.165, 1.54) is 6.07 Å². The van der Waals surface area contributed by atoms with Crippen LogP contribution in [0.5, 0.6) is 11.5 Å². The molecule has 3 aromatic rings. The number of ether oxygens (including phenoxy) is 2. The molecule has 0 fully saturated rings. The SMILES string of the molecule is COc1ccccc1OCCNC(=O)c1ccc(CN(c2ccc(F)c(F)c2)S(C)(=O)=O)cc1. The average molecular weight is 491 g/mol. The molecule has 7 nitrogen and oxygen atoms in total. The topological polar surface area (TPSA) is 84.9 Å². The van der Waals surface area contributed by atoms with Gasteiger partial charge < -0.3 is 14.8 Å². The van der Waals surface area contributed by atoms with E-state index in [1.54, 1.807) is 43.5 Å². The van der Waals surface area contributed by atoms with Crippen LogP contribution in [0.1, 0.15) is 15.9 Å². The second-order valence-corrected chi connectivity index (χ2v) is 9.23. The third-order valence-electron chi connectivity index (χ3n) is 4.85. The molecular formula is C24H24F2N2O5S. The number of para-hydroxylation sites is 2. The zero-order valence-corrected chi connectivity index (χ0v) is 19.4. The summed E-state index contributed by atoms with van der Waals surface area (Å²) < 4.78 is 63.1. The zero-order valence-electron chi connectivity index (χ0n) is 18.6. The minimum Gasteiger partial charge on any atom is -0.493 e. The molecule has 0 spiro atoms. The summed E-state index contributed by atoms with van der Waals surface area (Å²) in [5.74, 6) is -1.37. The van der Waals surface area contributed by atoms with Crippen molar-refractivity contribution in [2.45, 2.75) is 6.54 Å². The Morgan fingerprint density at radius 1 is 0.971 bits per heavy atom. The quantitative estimate of drug-likeness (QED) is 0.438. The maximum Gasteiger partial charge on any atom is 0.251 e. The number of nitrogens with zero attached hydrogens (tertiary/aromatic N) is 1. The number of halogens is 2. The Morgan fingerprint density at radius 3 is 2.26 bits per heavy atom. The van der Waals surface area contributed by atoms with Crippen molar-refractivity contribution in [2.24, 2.45) is 0 Å². The average Bonchev–Trinajstić information content (AvgIpc) is 2.82. The Morgan fingerprint density at radius 2 is 1.65 bits per heavy atom. The second kappa shape index (κ2) is 11.0. The Labute approximate surface area is 197 Å². The summed E-state index contributed by atoms with van der Waals surface area (Å²) in [6, 6.07) is 16.4. The lowest BCUT2D eigenvalue weighted by atomic mass is 10.1. The number of anilines is 1. The third-order valence-corrected chi connectivity index (χ3v) is 5.99. The van der Waals surface area contributed by atoms with Crippen molar-refractivity contribution in [1.29, 1.82) is 0 Å². The van der Waals surface area contributed by atoms with Gasteiger partial charge in [-0.25, -0.2) is 17.2 Å². The van der Waals surface area contributed by atoms with E-state index in [-0.39, 0.29) is 31.3 Å². The monoisotopic (exact) mass is 490 g/mol. The first-order valence-electron chi connectivity index (χ1n) is 10.2. The van der Waals surface area contributed by atoms with E-state index in [0.29, 0.717) is 22.6 Å². The summed E-state index contributed by atoms with van der Waals surface area (Å²) in [4.78, 5) is 12.4. The molecule has 0 radical (unpaired) electrons. The summed E-state index contributed by atoms with van der Waals surface area (Å²) in [5.41, 5.74) is 0.934. The number of sulfonamides is 1. The van der Waals surface area contributed by atoms with Crippen LogP contribution in [0.2, 0.25) is 0 Å². The number of carbonyl (C=O) groups is 1. The molecule has 0 unspecified atom stereocenters. The van der Waals surface area contributed by atoms with Gasteiger partial charge in [-0.05, 0) is 42.0 Å². The Balaban J connectivity index is 1.59. The van der Waals surface area contributed by atoms with Gasteiger partial charge in [0.05, 0.1) is 32.1 Å². The lowest BCUT2D eigenvalue weighted by Crippen LogP contribution is -2.30. The number of carbonyl (C=O) groups excluding carboxylic acids is 1. The normalized spacial score (nSPS) is 11.1. The molecule has 10 heteroatoms. The van der Waals surface area contributed by atoms with Crippen molar-refractivity contribution in [3.63, 3.8) is 0 Å². The van der Waals surface area contributed by atoms with Gasteiger partial charge in [-0.2, -0.15) is 0 Å².